The average molecular weight is 367 g/mol. The summed E-state index contributed by atoms with van der Waals surface area (Å²) in [4.78, 5) is 30.5. The van der Waals surface area contributed by atoms with Gasteiger partial charge < -0.3 is 15.1 Å². The van der Waals surface area contributed by atoms with Gasteiger partial charge >= 0.3 is 0 Å². The van der Waals surface area contributed by atoms with Gasteiger partial charge in [-0.3, -0.25) is 9.59 Å². The van der Waals surface area contributed by atoms with Crippen molar-refractivity contribution in [3.8, 4) is 0 Å². The van der Waals surface area contributed by atoms with Crippen LogP contribution in [-0.4, -0.2) is 42.7 Å². The van der Waals surface area contributed by atoms with E-state index in [1.807, 2.05) is 48.5 Å². The van der Waals surface area contributed by atoms with Crippen molar-refractivity contribution >= 4 is 35.0 Å². The second kappa shape index (κ2) is 6.68. The van der Waals surface area contributed by atoms with Gasteiger partial charge in [-0.25, -0.2) is 0 Å². The van der Waals surface area contributed by atoms with Crippen LogP contribution >= 0.6 is 11.8 Å². The zero-order chi connectivity index (χ0) is 18.3. The molecule has 0 aliphatic carbocycles. The molecule has 6 heteroatoms. The Morgan fingerprint density at radius 3 is 2.88 bits per heavy atom. The van der Waals surface area contributed by atoms with Crippen molar-refractivity contribution in [1.29, 1.82) is 0 Å². The highest BCUT2D eigenvalue weighted by molar-refractivity contribution is 7.98. The van der Waals surface area contributed by atoms with E-state index in [4.69, 9.17) is 0 Å². The Balaban J connectivity index is 1.61. The molecule has 2 heterocycles. The third-order valence-corrected chi connectivity index (χ3v) is 5.85. The van der Waals surface area contributed by atoms with Crippen LogP contribution in [0, 0.1) is 0 Å². The number of amides is 2. The van der Waals surface area contributed by atoms with E-state index in [0.717, 1.165) is 35.7 Å². The van der Waals surface area contributed by atoms with Gasteiger partial charge in [0.25, 0.3) is 11.8 Å². The van der Waals surface area contributed by atoms with E-state index in [1.54, 1.807) is 23.9 Å². The standard InChI is InChI=1S/C20H21N3O2S/c1-22-17-11-13(19(24)21-14-5-3-6-15(12-14)26-2)8-9-16(17)20(25)23-10-4-7-18(22)23/h3,5-6,8-9,11-12,18H,4,7,10H2,1-2H3,(H,21,24). The maximum Gasteiger partial charge on any atom is 0.257 e. The lowest BCUT2D eigenvalue weighted by atomic mass is 10.0. The van der Waals surface area contributed by atoms with Gasteiger partial charge in [0, 0.05) is 29.7 Å². The monoisotopic (exact) mass is 367 g/mol. The number of rotatable bonds is 3. The van der Waals surface area contributed by atoms with E-state index < -0.39 is 0 Å². The van der Waals surface area contributed by atoms with Crippen LogP contribution in [0.4, 0.5) is 11.4 Å². The molecule has 26 heavy (non-hydrogen) atoms. The van der Waals surface area contributed by atoms with Crippen molar-refractivity contribution in [2.45, 2.75) is 23.9 Å². The van der Waals surface area contributed by atoms with Gasteiger partial charge in [0.1, 0.15) is 6.17 Å². The van der Waals surface area contributed by atoms with Crippen molar-refractivity contribution in [1.82, 2.24) is 4.90 Å². The van der Waals surface area contributed by atoms with Gasteiger partial charge in [-0.15, -0.1) is 11.8 Å². The number of fused-ring (bicyclic) bond motifs is 2. The predicted molar refractivity (Wildman–Crippen MR) is 105 cm³/mol. The fourth-order valence-corrected chi connectivity index (χ4v) is 4.21. The fraction of sp³-hybridized carbons (Fsp3) is 0.300. The Morgan fingerprint density at radius 1 is 1.23 bits per heavy atom. The molecule has 1 fully saturated rings. The van der Waals surface area contributed by atoms with E-state index in [2.05, 4.69) is 10.2 Å². The quantitative estimate of drug-likeness (QED) is 0.841. The topological polar surface area (TPSA) is 52.7 Å². The molecule has 134 valence electrons. The molecule has 2 aromatic rings. The first-order valence-electron chi connectivity index (χ1n) is 8.72. The van der Waals surface area contributed by atoms with Crippen LogP contribution in [0.3, 0.4) is 0 Å². The van der Waals surface area contributed by atoms with Crippen LogP contribution in [0.1, 0.15) is 33.6 Å². The Kier molecular flexibility index (Phi) is 4.36. The maximum atomic E-state index is 12.7. The Morgan fingerprint density at radius 2 is 2.08 bits per heavy atom. The van der Waals surface area contributed by atoms with Gasteiger partial charge in [0.05, 0.1) is 11.3 Å². The SMILES string of the molecule is CSc1cccc(NC(=O)c2ccc3c(c2)N(C)C2CCCN2C3=O)c1. The van der Waals surface area contributed by atoms with Crippen LogP contribution in [0.15, 0.2) is 47.4 Å². The summed E-state index contributed by atoms with van der Waals surface area (Å²) >= 11 is 1.63. The number of benzene rings is 2. The minimum Gasteiger partial charge on any atom is -0.354 e. The van der Waals surface area contributed by atoms with Gasteiger partial charge in [0.15, 0.2) is 0 Å². The minimum absolute atomic E-state index is 0.0697. The summed E-state index contributed by atoms with van der Waals surface area (Å²) in [6, 6.07) is 13.1. The lowest BCUT2D eigenvalue weighted by Crippen LogP contribution is -2.50. The third kappa shape index (κ3) is 2.84. The molecule has 2 aliphatic rings. The van der Waals surface area contributed by atoms with Crippen LogP contribution in [-0.2, 0) is 0 Å². The number of carbonyl (C=O) groups excluding carboxylic acids is 2. The molecule has 1 N–H and O–H groups in total. The third-order valence-electron chi connectivity index (χ3n) is 5.13. The highest BCUT2D eigenvalue weighted by Gasteiger charge is 2.38. The lowest BCUT2D eigenvalue weighted by molar-refractivity contribution is 0.0719. The molecular formula is C20H21N3O2S. The second-order valence-corrected chi connectivity index (χ2v) is 7.53. The van der Waals surface area contributed by atoms with E-state index in [0.29, 0.717) is 11.1 Å². The molecule has 0 bridgehead atoms. The molecule has 0 radical (unpaired) electrons. The highest BCUT2D eigenvalue weighted by atomic mass is 32.2. The summed E-state index contributed by atoms with van der Waals surface area (Å²) in [5.74, 6) is -0.0963. The molecule has 1 atom stereocenters. The lowest BCUT2D eigenvalue weighted by Gasteiger charge is -2.40. The molecule has 1 unspecified atom stereocenters. The zero-order valence-corrected chi connectivity index (χ0v) is 15.7. The fourth-order valence-electron chi connectivity index (χ4n) is 3.75. The van der Waals surface area contributed by atoms with Crippen molar-refractivity contribution in [3.63, 3.8) is 0 Å². The summed E-state index contributed by atoms with van der Waals surface area (Å²) in [6.45, 7) is 0.807. The normalized spacial score (nSPS) is 18.5. The minimum atomic E-state index is -0.166. The van der Waals surface area contributed by atoms with Crippen molar-refractivity contribution in [2.75, 3.05) is 30.1 Å². The number of hydrogen-bond acceptors (Lipinski definition) is 4. The summed E-state index contributed by atoms with van der Waals surface area (Å²) in [5, 5.41) is 2.95. The number of thioether (sulfide) groups is 1. The molecule has 4 rings (SSSR count). The van der Waals surface area contributed by atoms with Crippen LogP contribution in [0.25, 0.3) is 0 Å². The van der Waals surface area contributed by atoms with Gasteiger partial charge in [-0.1, -0.05) is 6.07 Å². The molecular weight excluding hydrogens is 346 g/mol. The van der Waals surface area contributed by atoms with E-state index in [-0.39, 0.29) is 18.0 Å². The molecule has 2 amide bonds. The van der Waals surface area contributed by atoms with Gasteiger partial charge in [-0.05, 0) is 55.5 Å². The summed E-state index contributed by atoms with van der Waals surface area (Å²) in [6.07, 6.45) is 4.10. The zero-order valence-electron chi connectivity index (χ0n) is 14.9. The van der Waals surface area contributed by atoms with Gasteiger partial charge in [-0.2, -0.15) is 0 Å². The Hall–Kier alpha value is -2.47. The molecule has 2 aliphatic heterocycles. The highest BCUT2D eigenvalue weighted by Crippen LogP contribution is 2.35. The summed E-state index contributed by atoms with van der Waals surface area (Å²) in [5.41, 5.74) is 2.84. The molecule has 0 aromatic heterocycles. The van der Waals surface area contributed by atoms with Gasteiger partial charge in [0.2, 0.25) is 0 Å². The number of carbonyl (C=O) groups is 2. The largest absolute Gasteiger partial charge is 0.354 e. The second-order valence-electron chi connectivity index (χ2n) is 6.65. The Bertz CT molecular complexity index is 883. The van der Waals surface area contributed by atoms with Crippen LogP contribution in [0.2, 0.25) is 0 Å². The van der Waals surface area contributed by atoms with Crippen molar-refractivity contribution in [3.05, 3.63) is 53.6 Å². The van der Waals surface area contributed by atoms with Crippen molar-refractivity contribution in [2.24, 2.45) is 0 Å². The molecule has 0 saturated carbocycles. The Labute approximate surface area is 157 Å². The van der Waals surface area contributed by atoms with E-state index in [9.17, 15) is 9.59 Å². The summed E-state index contributed by atoms with van der Waals surface area (Å²) in [7, 11) is 2.00. The van der Waals surface area contributed by atoms with Crippen LogP contribution in [0.5, 0.6) is 0 Å². The first-order chi connectivity index (χ1) is 12.6. The number of hydrogen-bond donors (Lipinski definition) is 1. The predicted octanol–water partition coefficient (Wildman–Crippen LogP) is 3.67. The number of nitrogens with zero attached hydrogens (tertiary/aromatic N) is 2. The average Bonchev–Trinajstić information content (AvgIpc) is 3.16. The molecule has 1 saturated heterocycles. The summed E-state index contributed by atoms with van der Waals surface area (Å²) < 4.78 is 0. The molecule has 0 spiro atoms. The smallest absolute Gasteiger partial charge is 0.257 e. The first-order valence-corrected chi connectivity index (χ1v) is 9.94. The van der Waals surface area contributed by atoms with Crippen molar-refractivity contribution < 1.29 is 9.59 Å². The number of anilines is 2. The molecule has 5 nitrogen and oxygen atoms in total. The van der Waals surface area contributed by atoms with E-state index in [1.165, 1.54) is 0 Å². The van der Waals surface area contributed by atoms with E-state index >= 15 is 0 Å². The van der Waals surface area contributed by atoms with Crippen LogP contribution < -0.4 is 10.2 Å². The first kappa shape index (κ1) is 17.0. The number of nitrogens with one attached hydrogen (secondary N) is 1. The molecule has 2 aromatic carbocycles. The maximum absolute atomic E-state index is 12.7.